The molecule has 1 N–H and O–H groups in total. The van der Waals surface area contributed by atoms with E-state index in [0.717, 1.165) is 5.56 Å². The van der Waals surface area contributed by atoms with Gasteiger partial charge in [0.25, 0.3) is 0 Å². The molecule has 1 atom stereocenters. The number of fused-ring (bicyclic) bond motifs is 2. The predicted molar refractivity (Wildman–Crippen MR) is 115 cm³/mol. The summed E-state index contributed by atoms with van der Waals surface area (Å²) in [7, 11) is 0. The molecule has 3 aromatic carbocycles. The van der Waals surface area contributed by atoms with Crippen LogP contribution in [0.3, 0.4) is 0 Å². The van der Waals surface area contributed by atoms with Crippen LogP contribution in [0.2, 0.25) is 0 Å². The van der Waals surface area contributed by atoms with Crippen molar-refractivity contribution in [3.8, 4) is 23.3 Å². The zero-order valence-electron chi connectivity index (χ0n) is 16.9. The molecular formula is C26H22O4. The van der Waals surface area contributed by atoms with Crippen LogP contribution < -0.4 is 9.47 Å². The van der Waals surface area contributed by atoms with Gasteiger partial charge in [0.2, 0.25) is 0 Å². The SMILES string of the molecule is CCOc1cccc2c1C(=O)c1cccc(OCC)c1C2(O)C#Cc1ccccc1. The largest absolute Gasteiger partial charge is 0.493 e. The molecule has 1 aliphatic rings. The van der Waals surface area contributed by atoms with Crippen molar-refractivity contribution in [2.75, 3.05) is 13.2 Å². The summed E-state index contributed by atoms with van der Waals surface area (Å²) in [6, 6.07) is 19.9. The van der Waals surface area contributed by atoms with E-state index in [0.29, 0.717) is 47.0 Å². The van der Waals surface area contributed by atoms with Crippen molar-refractivity contribution < 1.29 is 19.4 Å². The van der Waals surface area contributed by atoms with Crippen LogP contribution in [-0.2, 0) is 5.60 Å². The van der Waals surface area contributed by atoms with Gasteiger partial charge in [0.05, 0.1) is 24.3 Å². The number of carbonyl (C=O) groups excluding carboxylic acids is 1. The van der Waals surface area contributed by atoms with Crippen molar-refractivity contribution >= 4 is 5.78 Å². The number of aliphatic hydroxyl groups is 1. The molecule has 0 bridgehead atoms. The number of ketones is 1. The Bertz CT molecular complexity index is 1150. The maximum atomic E-state index is 13.4. The molecular weight excluding hydrogens is 376 g/mol. The third-order valence-corrected chi connectivity index (χ3v) is 5.04. The van der Waals surface area contributed by atoms with Gasteiger partial charge in [-0.15, -0.1) is 0 Å². The molecule has 30 heavy (non-hydrogen) atoms. The van der Waals surface area contributed by atoms with Crippen LogP contribution in [0.15, 0.2) is 66.7 Å². The van der Waals surface area contributed by atoms with Crippen LogP contribution in [-0.4, -0.2) is 24.1 Å². The van der Waals surface area contributed by atoms with Crippen molar-refractivity contribution in [1.82, 2.24) is 0 Å². The fraction of sp³-hybridized carbons (Fsp3) is 0.192. The highest BCUT2D eigenvalue weighted by Crippen LogP contribution is 2.46. The summed E-state index contributed by atoms with van der Waals surface area (Å²) in [5.74, 6) is 6.77. The Morgan fingerprint density at radius 1 is 0.867 bits per heavy atom. The van der Waals surface area contributed by atoms with E-state index in [9.17, 15) is 9.90 Å². The van der Waals surface area contributed by atoms with E-state index in [1.807, 2.05) is 44.2 Å². The predicted octanol–water partition coefficient (Wildman–Crippen LogP) is 4.32. The number of hydrogen-bond donors (Lipinski definition) is 1. The van der Waals surface area contributed by atoms with Gasteiger partial charge in [-0.05, 0) is 38.1 Å². The number of carbonyl (C=O) groups is 1. The van der Waals surface area contributed by atoms with E-state index < -0.39 is 5.60 Å². The highest BCUT2D eigenvalue weighted by atomic mass is 16.5. The quantitative estimate of drug-likeness (QED) is 0.665. The van der Waals surface area contributed by atoms with Gasteiger partial charge in [-0.1, -0.05) is 54.3 Å². The molecule has 0 saturated carbocycles. The summed E-state index contributed by atoms with van der Waals surface area (Å²) in [6.45, 7) is 4.53. The molecule has 4 heteroatoms. The number of hydrogen-bond acceptors (Lipinski definition) is 4. The minimum atomic E-state index is -1.73. The number of benzene rings is 3. The van der Waals surface area contributed by atoms with E-state index >= 15 is 0 Å². The number of ether oxygens (including phenoxy) is 2. The monoisotopic (exact) mass is 398 g/mol. The van der Waals surface area contributed by atoms with Gasteiger partial charge in [0, 0.05) is 16.7 Å². The maximum Gasteiger partial charge on any atom is 0.197 e. The van der Waals surface area contributed by atoms with Crippen molar-refractivity contribution in [3.05, 3.63) is 94.5 Å². The summed E-state index contributed by atoms with van der Waals surface area (Å²) in [6.07, 6.45) is 0. The number of rotatable bonds is 4. The topological polar surface area (TPSA) is 55.8 Å². The van der Waals surface area contributed by atoms with Gasteiger partial charge < -0.3 is 14.6 Å². The van der Waals surface area contributed by atoms with Gasteiger partial charge in [0.15, 0.2) is 11.4 Å². The second-order valence-electron chi connectivity index (χ2n) is 6.88. The fourth-order valence-corrected chi connectivity index (χ4v) is 3.80. The first-order chi connectivity index (χ1) is 14.6. The highest BCUT2D eigenvalue weighted by molar-refractivity contribution is 6.15. The Labute approximate surface area is 176 Å². The van der Waals surface area contributed by atoms with Crippen LogP contribution in [0.4, 0.5) is 0 Å². The Hall–Kier alpha value is -3.55. The molecule has 3 aromatic rings. The second kappa shape index (κ2) is 8.06. The average Bonchev–Trinajstić information content (AvgIpc) is 2.77. The third kappa shape index (κ3) is 3.24. The summed E-state index contributed by atoms with van der Waals surface area (Å²) in [4.78, 5) is 13.4. The molecule has 0 fully saturated rings. The van der Waals surface area contributed by atoms with E-state index in [2.05, 4.69) is 11.8 Å². The molecule has 4 rings (SSSR count). The van der Waals surface area contributed by atoms with Crippen molar-refractivity contribution in [1.29, 1.82) is 0 Å². The lowest BCUT2D eigenvalue weighted by atomic mass is 9.73. The zero-order chi connectivity index (χ0) is 21.1. The second-order valence-corrected chi connectivity index (χ2v) is 6.88. The lowest BCUT2D eigenvalue weighted by Gasteiger charge is -2.33. The first-order valence-electron chi connectivity index (χ1n) is 9.98. The molecule has 0 aliphatic heterocycles. The van der Waals surface area contributed by atoms with E-state index in [4.69, 9.17) is 9.47 Å². The molecule has 0 aromatic heterocycles. The normalized spacial score (nSPS) is 16.7. The summed E-state index contributed by atoms with van der Waals surface area (Å²) in [5, 5.41) is 12.0. The maximum absolute atomic E-state index is 13.4. The molecule has 0 amide bonds. The van der Waals surface area contributed by atoms with E-state index in [1.54, 1.807) is 36.4 Å². The van der Waals surface area contributed by atoms with Crippen LogP contribution in [0, 0.1) is 11.8 Å². The highest BCUT2D eigenvalue weighted by Gasteiger charge is 2.45. The molecule has 4 nitrogen and oxygen atoms in total. The van der Waals surface area contributed by atoms with Gasteiger partial charge in [0.1, 0.15) is 11.5 Å². The molecule has 1 aliphatic carbocycles. The van der Waals surface area contributed by atoms with E-state index in [-0.39, 0.29) is 5.78 Å². The summed E-state index contributed by atoms with van der Waals surface area (Å²) >= 11 is 0. The standard InChI is InChI=1S/C26H22O4/c1-3-29-21-14-9-13-20-23(21)25(27)19-12-8-15-22(30-4-2)24(19)26(20,28)17-16-18-10-6-5-7-11-18/h5-15,28H,3-4H2,1-2H3. The van der Waals surface area contributed by atoms with E-state index in [1.165, 1.54) is 0 Å². The van der Waals surface area contributed by atoms with Gasteiger partial charge in [-0.25, -0.2) is 0 Å². The molecule has 150 valence electrons. The van der Waals surface area contributed by atoms with Crippen molar-refractivity contribution in [3.63, 3.8) is 0 Å². The fourth-order valence-electron chi connectivity index (χ4n) is 3.80. The Morgan fingerprint density at radius 2 is 1.53 bits per heavy atom. The van der Waals surface area contributed by atoms with Crippen molar-refractivity contribution in [2.45, 2.75) is 19.4 Å². The van der Waals surface area contributed by atoms with Crippen LogP contribution in [0.5, 0.6) is 11.5 Å². The molecule has 1 unspecified atom stereocenters. The van der Waals surface area contributed by atoms with Gasteiger partial charge in [-0.2, -0.15) is 0 Å². The zero-order valence-corrected chi connectivity index (χ0v) is 16.9. The van der Waals surface area contributed by atoms with Crippen molar-refractivity contribution in [2.24, 2.45) is 0 Å². The van der Waals surface area contributed by atoms with Gasteiger partial charge in [-0.3, -0.25) is 4.79 Å². The Balaban J connectivity index is 2.02. The first kappa shape index (κ1) is 19.8. The van der Waals surface area contributed by atoms with Gasteiger partial charge >= 0.3 is 0 Å². The molecule has 0 spiro atoms. The minimum Gasteiger partial charge on any atom is -0.493 e. The molecule has 0 saturated heterocycles. The van der Waals surface area contributed by atoms with Crippen LogP contribution >= 0.6 is 0 Å². The average molecular weight is 398 g/mol. The first-order valence-corrected chi connectivity index (χ1v) is 9.98. The molecule has 0 radical (unpaired) electrons. The lowest BCUT2D eigenvalue weighted by molar-refractivity contribution is 0.0966. The summed E-state index contributed by atoms with van der Waals surface area (Å²) < 4.78 is 11.5. The minimum absolute atomic E-state index is 0.211. The summed E-state index contributed by atoms with van der Waals surface area (Å²) in [5.41, 5.74) is 0.521. The Kier molecular flexibility index (Phi) is 5.31. The lowest BCUT2D eigenvalue weighted by Crippen LogP contribution is -2.35. The molecule has 0 heterocycles. The van der Waals surface area contributed by atoms with Crippen LogP contribution in [0.25, 0.3) is 0 Å². The third-order valence-electron chi connectivity index (χ3n) is 5.04. The Morgan fingerprint density at radius 3 is 2.27 bits per heavy atom. The van der Waals surface area contributed by atoms with Crippen LogP contribution in [0.1, 0.15) is 46.5 Å². The smallest absolute Gasteiger partial charge is 0.197 e.